The minimum Gasteiger partial charge on any atom is -0.476 e. The second-order valence-corrected chi connectivity index (χ2v) is 6.62. The molecule has 7 nitrogen and oxygen atoms in total. The number of aromatic nitrogens is 2. The van der Waals surface area contributed by atoms with Crippen molar-refractivity contribution in [2.45, 2.75) is 60.1 Å². The van der Waals surface area contributed by atoms with Crippen LogP contribution in [0.2, 0.25) is 0 Å². The average molecular weight is 377 g/mol. The van der Waals surface area contributed by atoms with Gasteiger partial charge >= 0.3 is 5.97 Å². The topological polar surface area (TPSA) is 86.5 Å². The Morgan fingerprint density at radius 2 is 2.04 bits per heavy atom. The summed E-state index contributed by atoms with van der Waals surface area (Å²) in [7, 11) is 0. The molecule has 0 spiro atoms. The van der Waals surface area contributed by atoms with Crippen molar-refractivity contribution in [3.63, 3.8) is 0 Å². The van der Waals surface area contributed by atoms with Gasteiger partial charge < -0.3 is 19.2 Å². The van der Waals surface area contributed by atoms with E-state index in [-0.39, 0.29) is 0 Å². The third-order valence-corrected chi connectivity index (χ3v) is 3.76. The normalized spacial score (nSPS) is 13.2. The molecule has 0 amide bonds. The zero-order valence-corrected chi connectivity index (χ0v) is 17.2. The first-order valence-electron chi connectivity index (χ1n) is 9.07. The molecule has 1 N–H and O–H groups in total. The van der Waals surface area contributed by atoms with Crippen molar-refractivity contribution in [3.8, 4) is 0 Å². The molecule has 150 valence electrons. The maximum Gasteiger partial charge on any atom is 0.349 e. The van der Waals surface area contributed by atoms with Crippen LogP contribution in [-0.4, -0.2) is 34.9 Å². The van der Waals surface area contributed by atoms with Gasteiger partial charge in [-0.3, -0.25) is 0 Å². The Bertz CT molecular complexity index is 702. The fourth-order valence-electron chi connectivity index (χ4n) is 2.25. The number of hydrogen-bond donors (Lipinski definition) is 1. The predicted molar refractivity (Wildman–Crippen MR) is 104 cm³/mol. The molecule has 0 aliphatic carbocycles. The highest BCUT2D eigenvalue weighted by Gasteiger charge is 2.33. The molecule has 0 saturated carbocycles. The number of aryl methyl sites for hydroxylation is 1. The van der Waals surface area contributed by atoms with Gasteiger partial charge in [-0.15, -0.1) is 10.2 Å². The number of ether oxygens (including phenoxy) is 2. The fourth-order valence-corrected chi connectivity index (χ4v) is 2.25. The molecule has 1 heterocycles. The standard InChI is InChI=1S/C20H31N3O4/c1-8-14(3)18(27-20(6,7)19(24)25-9-2)15(4)11-10-12-21-13-17-23-22-16(5)26-17/h8,11,21H,1,9-10,12-13H2,2-7H3/b15-11-,18-14+. The number of hydrogen-bond acceptors (Lipinski definition) is 7. The van der Waals surface area contributed by atoms with Gasteiger partial charge in [0.05, 0.1) is 13.2 Å². The lowest BCUT2D eigenvalue weighted by molar-refractivity contribution is -0.163. The Balaban J connectivity index is 2.69. The van der Waals surface area contributed by atoms with Crippen molar-refractivity contribution in [3.05, 3.63) is 47.4 Å². The van der Waals surface area contributed by atoms with Crippen LogP contribution < -0.4 is 5.32 Å². The fraction of sp³-hybridized carbons (Fsp3) is 0.550. The van der Waals surface area contributed by atoms with Crippen molar-refractivity contribution >= 4 is 5.97 Å². The van der Waals surface area contributed by atoms with Crippen LogP contribution in [0.4, 0.5) is 0 Å². The summed E-state index contributed by atoms with van der Waals surface area (Å²) in [6.07, 6.45) is 4.54. The highest BCUT2D eigenvalue weighted by atomic mass is 16.6. The van der Waals surface area contributed by atoms with Gasteiger partial charge in [-0.25, -0.2) is 4.79 Å². The minimum atomic E-state index is -1.08. The van der Waals surface area contributed by atoms with Crippen molar-refractivity contribution in [2.24, 2.45) is 0 Å². The highest BCUT2D eigenvalue weighted by Crippen LogP contribution is 2.25. The molecule has 0 fully saturated rings. The Kier molecular flexibility index (Phi) is 8.94. The van der Waals surface area contributed by atoms with E-state index in [4.69, 9.17) is 13.9 Å². The number of carbonyl (C=O) groups excluding carboxylic acids is 1. The third-order valence-electron chi connectivity index (χ3n) is 3.76. The zero-order chi connectivity index (χ0) is 20.4. The van der Waals surface area contributed by atoms with E-state index in [1.807, 2.05) is 13.8 Å². The van der Waals surface area contributed by atoms with Crippen LogP contribution in [0.3, 0.4) is 0 Å². The second-order valence-electron chi connectivity index (χ2n) is 6.62. The van der Waals surface area contributed by atoms with Gasteiger partial charge in [-0.1, -0.05) is 18.7 Å². The summed E-state index contributed by atoms with van der Waals surface area (Å²) < 4.78 is 16.4. The van der Waals surface area contributed by atoms with Crippen molar-refractivity contribution in [2.75, 3.05) is 13.2 Å². The van der Waals surface area contributed by atoms with Gasteiger partial charge in [0.2, 0.25) is 11.8 Å². The van der Waals surface area contributed by atoms with Crippen LogP contribution in [-0.2, 0) is 20.8 Å². The van der Waals surface area contributed by atoms with Gasteiger partial charge in [-0.05, 0) is 58.7 Å². The zero-order valence-electron chi connectivity index (χ0n) is 17.2. The molecule has 0 radical (unpaired) electrons. The predicted octanol–water partition coefficient (Wildman–Crippen LogP) is 3.62. The number of nitrogens with one attached hydrogen (secondary N) is 1. The molecular formula is C20H31N3O4. The van der Waals surface area contributed by atoms with Gasteiger partial charge in [0.25, 0.3) is 0 Å². The van der Waals surface area contributed by atoms with E-state index < -0.39 is 11.6 Å². The van der Waals surface area contributed by atoms with E-state index in [9.17, 15) is 4.79 Å². The largest absolute Gasteiger partial charge is 0.476 e. The van der Waals surface area contributed by atoms with Gasteiger partial charge in [0, 0.05) is 6.92 Å². The van der Waals surface area contributed by atoms with Crippen molar-refractivity contribution in [1.29, 1.82) is 0 Å². The molecule has 0 saturated heterocycles. The highest BCUT2D eigenvalue weighted by molar-refractivity contribution is 5.78. The molecule has 1 aromatic heterocycles. The maximum absolute atomic E-state index is 12.1. The summed E-state index contributed by atoms with van der Waals surface area (Å²) in [4.78, 5) is 12.1. The van der Waals surface area contributed by atoms with Crippen molar-refractivity contribution in [1.82, 2.24) is 15.5 Å². The van der Waals surface area contributed by atoms with Crippen LogP contribution in [0.25, 0.3) is 0 Å². The Morgan fingerprint density at radius 3 is 2.59 bits per heavy atom. The second kappa shape index (κ2) is 10.7. The monoisotopic (exact) mass is 377 g/mol. The van der Waals surface area contributed by atoms with E-state index in [0.29, 0.717) is 30.7 Å². The smallest absolute Gasteiger partial charge is 0.349 e. The molecular weight excluding hydrogens is 346 g/mol. The molecule has 7 heteroatoms. The van der Waals surface area contributed by atoms with Crippen LogP contribution in [0, 0.1) is 6.92 Å². The van der Waals surface area contributed by atoms with E-state index in [0.717, 1.165) is 24.1 Å². The van der Waals surface area contributed by atoms with Gasteiger partial charge in [-0.2, -0.15) is 0 Å². The quantitative estimate of drug-likeness (QED) is 0.273. The molecule has 1 rings (SSSR count). The minimum absolute atomic E-state index is 0.311. The summed E-state index contributed by atoms with van der Waals surface area (Å²) in [5.41, 5.74) is 0.703. The molecule has 0 atom stereocenters. The number of rotatable bonds is 11. The lowest BCUT2D eigenvalue weighted by Crippen LogP contribution is -2.37. The SMILES string of the molecule is C=C/C(C)=C(OC(C)(C)C(=O)OCC)\C(C)=C/CCNCc1nnc(C)o1. The van der Waals surface area contributed by atoms with Crippen molar-refractivity contribution < 1.29 is 18.7 Å². The van der Waals surface area contributed by atoms with Gasteiger partial charge in [0.15, 0.2) is 5.60 Å². The van der Waals surface area contributed by atoms with Crippen LogP contribution in [0.15, 0.2) is 40.1 Å². The summed E-state index contributed by atoms with van der Waals surface area (Å²) in [6, 6.07) is 0. The molecule has 0 aliphatic heterocycles. The lowest BCUT2D eigenvalue weighted by Gasteiger charge is -2.27. The molecule has 27 heavy (non-hydrogen) atoms. The maximum atomic E-state index is 12.1. The Hall–Kier alpha value is -2.41. The number of esters is 1. The summed E-state index contributed by atoms with van der Waals surface area (Å²) in [5, 5.41) is 11.0. The van der Waals surface area contributed by atoms with Crippen LogP contribution in [0.5, 0.6) is 0 Å². The molecule has 0 bridgehead atoms. The summed E-state index contributed by atoms with van der Waals surface area (Å²) in [6.45, 7) is 16.1. The third kappa shape index (κ3) is 7.38. The van der Waals surface area contributed by atoms with Gasteiger partial charge in [0.1, 0.15) is 5.76 Å². The van der Waals surface area contributed by atoms with E-state index in [2.05, 4.69) is 28.2 Å². The lowest BCUT2D eigenvalue weighted by atomic mass is 10.1. The molecule has 0 aliphatic rings. The molecule has 0 unspecified atom stereocenters. The molecule has 1 aromatic rings. The number of nitrogens with zero attached hydrogens (tertiary/aromatic N) is 2. The Morgan fingerprint density at radius 1 is 1.33 bits per heavy atom. The molecule has 0 aromatic carbocycles. The van der Waals surface area contributed by atoms with Crippen LogP contribution in [0.1, 0.15) is 52.8 Å². The van der Waals surface area contributed by atoms with E-state index in [1.165, 1.54) is 0 Å². The first-order valence-corrected chi connectivity index (χ1v) is 9.07. The number of carbonyl (C=O) groups is 1. The first kappa shape index (κ1) is 22.6. The summed E-state index contributed by atoms with van der Waals surface area (Å²) >= 11 is 0. The van der Waals surface area contributed by atoms with Crippen LogP contribution >= 0.6 is 0 Å². The summed E-state index contributed by atoms with van der Waals surface area (Å²) in [5.74, 6) is 1.36. The average Bonchev–Trinajstić information content (AvgIpc) is 3.04. The Labute approximate surface area is 161 Å². The van der Waals surface area contributed by atoms with E-state index >= 15 is 0 Å². The van der Waals surface area contributed by atoms with E-state index in [1.54, 1.807) is 33.8 Å². The first-order chi connectivity index (χ1) is 12.7. The number of allylic oxidation sites excluding steroid dienone is 3.